The van der Waals surface area contributed by atoms with E-state index in [9.17, 15) is 14.4 Å². The molecular formula is C25H29N5O5. The average molecular weight is 480 g/mol. The number of anilines is 3. The van der Waals surface area contributed by atoms with E-state index in [1.54, 1.807) is 23.1 Å². The van der Waals surface area contributed by atoms with Gasteiger partial charge in [-0.3, -0.25) is 14.6 Å². The van der Waals surface area contributed by atoms with E-state index in [4.69, 9.17) is 9.47 Å². The maximum Gasteiger partial charge on any atom is 0.414 e. The van der Waals surface area contributed by atoms with E-state index in [0.717, 1.165) is 16.9 Å². The molecule has 4 heterocycles. The topological polar surface area (TPSA) is 95.5 Å². The smallest absolute Gasteiger partial charge is 0.414 e. The van der Waals surface area contributed by atoms with Crippen LogP contribution in [0.4, 0.5) is 26.8 Å². The van der Waals surface area contributed by atoms with Crippen molar-refractivity contribution in [3.05, 3.63) is 47.2 Å². The SMILES string of the molecule is Cc1cnc(N2CCN(C(=O)c3ccc(N4C(=O)OCC4C)cc3N3CCOC3=O)CC2)c(C)c1. The van der Waals surface area contributed by atoms with Crippen LogP contribution < -0.4 is 14.7 Å². The third-order valence-electron chi connectivity index (χ3n) is 6.68. The maximum atomic E-state index is 13.6. The van der Waals surface area contributed by atoms with Crippen molar-refractivity contribution < 1.29 is 23.9 Å². The zero-order chi connectivity index (χ0) is 24.7. The molecule has 1 aromatic heterocycles. The molecule has 10 heteroatoms. The molecule has 0 bridgehead atoms. The number of cyclic esters (lactones) is 2. The van der Waals surface area contributed by atoms with Gasteiger partial charge in [0.25, 0.3) is 5.91 Å². The second kappa shape index (κ2) is 9.09. The van der Waals surface area contributed by atoms with E-state index in [1.807, 2.05) is 27.0 Å². The highest BCUT2D eigenvalue weighted by molar-refractivity contribution is 6.05. The fourth-order valence-corrected chi connectivity index (χ4v) is 4.89. The molecule has 35 heavy (non-hydrogen) atoms. The van der Waals surface area contributed by atoms with E-state index >= 15 is 0 Å². The lowest BCUT2D eigenvalue weighted by Crippen LogP contribution is -2.49. The average Bonchev–Trinajstić information content (AvgIpc) is 3.42. The Hall–Kier alpha value is -3.82. The summed E-state index contributed by atoms with van der Waals surface area (Å²) in [4.78, 5) is 49.8. The van der Waals surface area contributed by atoms with Crippen molar-refractivity contribution in [2.45, 2.75) is 26.8 Å². The van der Waals surface area contributed by atoms with Crippen LogP contribution in [-0.2, 0) is 9.47 Å². The molecule has 0 spiro atoms. The van der Waals surface area contributed by atoms with Crippen molar-refractivity contribution in [3.8, 4) is 0 Å². The highest BCUT2D eigenvalue weighted by atomic mass is 16.6. The normalized spacial score (nSPS) is 20.4. The first kappa shape index (κ1) is 22.9. The van der Waals surface area contributed by atoms with Gasteiger partial charge in [0.05, 0.1) is 23.8 Å². The fourth-order valence-electron chi connectivity index (χ4n) is 4.89. The number of carbonyl (C=O) groups excluding carboxylic acids is 3. The summed E-state index contributed by atoms with van der Waals surface area (Å²) < 4.78 is 10.3. The van der Waals surface area contributed by atoms with Gasteiger partial charge in [-0.1, -0.05) is 6.07 Å². The Kier molecular flexibility index (Phi) is 5.96. The Bertz CT molecular complexity index is 1180. The van der Waals surface area contributed by atoms with Crippen molar-refractivity contribution >= 4 is 35.3 Å². The van der Waals surface area contributed by atoms with E-state index in [2.05, 4.69) is 16.0 Å². The largest absolute Gasteiger partial charge is 0.447 e. The van der Waals surface area contributed by atoms with Crippen LogP contribution in [0.3, 0.4) is 0 Å². The first-order chi connectivity index (χ1) is 16.8. The summed E-state index contributed by atoms with van der Waals surface area (Å²) in [6.45, 7) is 9.24. The van der Waals surface area contributed by atoms with Crippen LogP contribution in [0.25, 0.3) is 0 Å². The van der Waals surface area contributed by atoms with Crippen molar-refractivity contribution in [2.75, 3.05) is 60.6 Å². The number of hydrogen-bond acceptors (Lipinski definition) is 7. The molecule has 3 fully saturated rings. The number of nitrogens with zero attached hydrogens (tertiary/aromatic N) is 5. The molecule has 3 aliphatic rings. The molecule has 1 atom stereocenters. The van der Waals surface area contributed by atoms with Crippen LogP contribution in [0.15, 0.2) is 30.5 Å². The van der Waals surface area contributed by atoms with Gasteiger partial charge in [-0.2, -0.15) is 0 Å². The summed E-state index contributed by atoms with van der Waals surface area (Å²) in [7, 11) is 0. The van der Waals surface area contributed by atoms with Crippen LogP contribution in [0.5, 0.6) is 0 Å². The van der Waals surface area contributed by atoms with Gasteiger partial charge in [-0.15, -0.1) is 0 Å². The minimum atomic E-state index is -0.501. The summed E-state index contributed by atoms with van der Waals surface area (Å²) in [5.41, 5.74) is 3.67. The molecule has 0 N–H and O–H groups in total. The predicted octanol–water partition coefficient (Wildman–Crippen LogP) is 2.96. The standard InChI is InChI=1S/C25H29N5O5/c1-16-12-17(2)22(26-14-16)27-6-8-28(9-7-27)23(31)20-5-4-19(30-18(3)15-35-25(30)33)13-21(20)29-10-11-34-24(29)32/h4-5,12-14,18H,6-11,15H2,1-3H3. The van der Waals surface area contributed by atoms with Crippen LogP contribution in [0.2, 0.25) is 0 Å². The molecule has 3 saturated heterocycles. The molecule has 0 saturated carbocycles. The van der Waals surface area contributed by atoms with Gasteiger partial charge in [0.15, 0.2) is 0 Å². The zero-order valence-corrected chi connectivity index (χ0v) is 20.2. The molecule has 5 rings (SSSR count). The second-order valence-electron chi connectivity index (χ2n) is 9.20. The predicted molar refractivity (Wildman–Crippen MR) is 130 cm³/mol. The van der Waals surface area contributed by atoms with Gasteiger partial charge >= 0.3 is 12.2 Å². The first-order valence-electron chi connectivity index (χ1n) is 11.9. The van der Waals surface area contributed by atoms with Crippen LogP contribution in [0.1, 0.15) is 28.4 Å². The fraction of sp³-hybridized carbons (Fsp3) is 0.440. The lowest BCUT2D eigenvalue weighted by molar-refractivity contribution is 0.0747. The molecular weight excluding hydrogens is 450 g/mol. The van der Waals surface area contributed by atoms with Gasteiger partial charge in [0.2, 0.25) is 0 Å². The first-order valence-corrected chi connectivity index (χ1v) is 11.9. The number of carbonyl (C=O) groups is 3. The monoisotopic (exact) mass is 479 g/mol. The second-order valence-corrected chi connectivity index (χ2v) is 9.20. The minimum absolute atomic E-state index is 0.144. The summed E-state index contributed by atoms with van der Waals surface area (Å²) >= 11 is 0. The Morgan fingerprint density at radius 3 is 2.40 bits per heavy atom. The Morgan fingerprint density at radius 2 is 1.77 bits per heavy atom. The number of benzene rings is 1. The van der Waals surface area contributed by atoms with Gasteiger partial charge < -0.3 is 19.3 Å². The summed E-state index contributed by atoms with van der Waals surface area (Å²) in [5, 5.41) is 0. The molecule has 2 aromatic rings. The Morgan fingerprint density at radius 1 is 1.00 bits per heavy atom. The van der Waals surface area contributed by atoms with Crippen LogP contribution >= 0.6 is 0 Å². The number of hydrogen-bond donors (Lipinski definition) is 0. The highest BCUT2D eigenvalue weighted by Crippen LogP contribution is 2.33. The molecule has 0 radical (unpaired) electrons. The number of amides is 3. The lowest BCUT2D eigenvalue weighted by Gasteiger charge is -2.36. The molecule has 0 aliphatic carbocycles. The van der Waals surface area contributed by atoms with Gasteiger partial charge in [0, 0.05) is 38.1 Å². The third kappa shape index (κ3) is 4.24. The molecule has 1 unspecified atom stereocenters. The van der Waals surface area contributed by atoms with Gasteiger partial charge in [-0.25, -0.2) is 14.6 Å². The minimum Gasteiger partial charge on any atom is -0.447 e. The summed E-state index contributed by atoms with van der Waals surface area (Å²) in [6.07, 6.45) is 0.918. The quantitative estimate of drug-likeness (QED) is 0.665. The number of aryl methyl sites for hydroxylation is 2. The van der Waals surface area contributed by atoms with Crippen molar-refractivity contribution in [2.24, 2.45) is 0 Å². The lowest BCUT2D eigenvalue weighted by atomic mass is 10.1. The van der Waals surface area contributed by atoms with Crippen molar-refractivity contribution in [1.29, 1.82) is 0 Å². The number of pyridine rings is 1. The molecule has 184 valence electrons. The zero-order valence-electron chi connectivity index (χ0n) is 20.2. The number of rotatable bonds is 4. The highest BCUT2D eigenvalue weighted by Gasteiger charge is 2.35. The summed E-state index contributed by atoms with van der Waals surface area (Å²) in [5.74, 6) is 0.788. The number of aromatic nitrogens is 1. The maximum absolute atomic E-state index is 13.6. The van der Waals surface area contributed by atoms with E-state index in [0.29, 0.717) is 56.3 Å². The third-order valence-corrected chi connectivity index (χ3v) is 6.68. The van der Waals surface area contributed by atoms with Gasteiger partial charge in [-0.05, 0) is 50.1 Å². The molecule has 1 aromatic carbocycles. The van der Waals surface area contributed by atoms with Crippen LogP contribution in [-0.4, -0.2) is 80.0 Å². The number of ether oxygens (including phenoxy) is 2. The number of piperazine rings is 1. The van der Waals surface area contributed by atoms with E-state index < -0.39 is 12.2 Å². The van der Waals surface area contributed by atoms with Crippen LogP contribution in [0, 0.1) is 13.8 Å². The Balaban J connectivity index is 1.39. The Labute approximate surface area is 204 Å². The van der Waals surface area contributed by atoms with E-state index in [-0.39, 0.29) is 18.6 Å². The van der Waals surface area contributed by atoms with Gasteiger partial charge in [0.1, 0.15) is 19.0 Å². The summed E-state index contributed by atoms with van der Waals surface area (Å²) in [6, 6.07) is 7.10. The van der Waals surface area contributed by atoms with Crippen molar-refractivity contribution in [3.63, 3.8) is 0 Å². The molecule has 3 amide bonds. The molecule has 3 aliphatic heterocycles. The van der Waals surface area contributed by atoms with Crippen molar-refractivity contribution in [1.82, 2.24) is 9.88 Å². The van der Waals surface area contributed by atoms with E-state index in [1.165, 1.54) is 9.80 Å². The molecule has 10 nitrogen and oxygen atoms in total.